The Hall–Kier alpha value is -0.610. The largest absolute Gasteiger partial charge is 0.481 e. The smallest absolute Gasteiger partial charge is 0.308 e. The van der Waals surface area contributed by atoms with Gasteiger partial charge < -0.3 is 15.7 Å². The first-order valence-corrected chi connectivity index (χ1v) is 5.34. The van der Waals surface area contributed by atoms with Crippen LogP contribution in [0.5, 0.6) is 0 Å². The van der Waals surface area contributed by atoms with E-state index in [0.717, 1.165) is 19.6 Å². The summed E-state index contributed by atoms with van der Waals surface area (Å²) in [5.41, 5.74) is -0.266. The second kappa shape index (κ2) is 5.47. The summed E-state index contributed by atoms with van der Waals surface area (Å²) in [6, 6.07) is 0. The van der Waals surface area contributed by atoms with E-state index in [1.807, 2.05) is 0 Å². The average Bonchev–Trinajstić information content (AvgIpc) is 2.02. The SMILES string of the molecule is CC(C)(C)C(=O)O.CC1(C)CNCCN1. The molecule has 1 aliphatic heterocycles. The summed E-state index contributed by atoms with van der Waals surface area (Å²) < 4.78 is 0. The number of carboxylic acids is 1. The Kier molecular flexibility index (Phi) is 5.24. The van der Waals surface area contributed by atoms with Crippen LogP contribution in [0.25, 0.3) is 0 Å². The van der Waals surface area contributed by atoms with Crippen molar-refractivity contribution in [3.8, 4) is 0 Å². The minimum atomic E-state index is -0.757. The first kappa shape index (κ1) is 14.4. The number of rotatable bonds is 0. The van der Waals surface area contributed by atoms with Crippen LogP contribution in [0.1, 0.15) is 34.6 Å². The second-order valence-corrected chi connectivity index (χ2v) is 5.54. The first-order chi connectivity index (χ1) is 6.65. The lowest BCUT2D eigenvalue weighted by atomic mass is 9.98. The molecule has 4 nitrogen and oxygen atoms in total. The quantitative estimate of drug-likeness (QED) is 0.567. The zero-order valence-electron chi connectivity index (χ0n) is 10.5. The van der Waals surface area contributed by atoms with Gasteiger partial charge in [0.05, 0.1) is 5.41 Å². The molecule has 1 heterocycles. The molecule has 1 aliphatic rings. The van der Waals surface area contributed by atoms with Gasteiger partial charge in [0.25, 0.3) is 0 Å². The molecular weight excluding hydrogens is 192 g/mol. The predicted molar refractivity (Wildman–Crippen MR) is 62.0 cm³/mol. The maximum atomic E-state index is 10.0. The van der Waals surface area contributed by atoms with Crippen molar-refractivity contribution in [3.63, 3.8) is 0 Å². The van der Waals surface area contributed by atoms with Gasteiger partial charge in [0, 0.05) is 25.2 Å². The number of hydrogen-bond acceptors (Lipinski definition) is 3. The highest BCUT2D eigenvalue weighted by molar-refractivity contribution is 5.72. The van der Waals surface area contributed by atoms with Crippen LogP contribution in [-0.4, -0.2) is 36.2 Å². The van der Waals surface area contributed by atoms with Crippen molar-refractivity contribution >= 4 is 5.97 Å². The van der Waals surface area contributed by atoms with Gasteiger partial charge in [-0.3, -0.25) is 4.79 Å². The van der Waals surface area contributed by atoms with Gasteiger partial charge in [-0.2, -0.15) is 0 Å². The summed E-state index contributed by atoms with van der Waals surface area (Å²) in [4.78, 5) is 10.0. The van der Waals surface area contributed by atoms with Crippen molar-refractivity contribution in [1.82, 2.24) is 10.6 Å². The normalized spacial score (nSPS) is 20.1. The van der Waals surface area contributed by atoms with Crippen molar-refractivity contribution in [2.75, 3.05) is 19.6 Å². The van der Waals surface area contributed by atoms with Crippen LogP contribution in [-0.2, 0) is 4.79 Å². The number of carboxylic acid groups (broad SMARTS) is 1. The fourth-order valence-corrected chi connectivity index (χ4v) is 0.953. The summed E-state index contributed by atoms with van der Waals surface area (Å²) in [7, 11) is 0. The molecule has 0 aromatic heterocycles. The third-order valence-corrected chi connectivity index (χ3v) is 2.11. The van der Waals surface area contributed by atoms with E-state index < -0.39 is 11.4 Å². The van der Waals surface area contributed by atoms with Crippen molar-refractivity contribution in [1.29, 1.82) is 0 Å². The van der Waals surface area contributed by atoms with Crippen LogP contribution in [0.15, 0.2) is 0 Å². The van der Waals surface area contributed by atoms with E-state index in [9.17, 15) is 4.79 Å². The minimum Gasteiger partial charge on any atom is -0.481 e. The number of nitrogens with one attached hydrogen (secondary N) is 2. The average molecular weight is 216 g/mol. The van der Waals surface area contributed by atoms with Crippen LogP contribution in [0, 0.1) is 5.41 Å². The molecule has 4 heteroatoms. The number of aliphatic carboxylic acids is 1. The standard InChI is InChI=1S/C6H14N2.C5H10O2/c1-6(2)5-7-3-4-8-6;1-5(2,3)4(6)7/h7-8H,3-5H2,1-2H3;1-3H3,(H,6,7). The molecule has 0 radical (unpaired) electrons. The van der Waals surface area contributed by atoms with Gasteiger partial charge in [-0.25, -0.2) is 0 Å². The lowest BCUT2D eigenvalue weighted by Crippen LogP contribution is -2.55. The molecule has 0 saturated carbocycles. The van der Waals surface area contributed by atoms with Gasteiger partial charge in [-0.1, -0.05) is 0 Å². The highest BCUT2D eigenvalue weighted by atomic mass is 16.4. The van der Waals surface area contributed by atoms with E-state index in [-0.39, 0.29) is 0 Å². The lowest BCUT2D eigenvalue weighted by molar-refractivity contribution is -0.145. The molecule has 0 amide bonds. The molecule has 15 heavy (non-hydrogen) atoms. The molecule has 0 aliphatic carbocycles. The van der Waals surface area contributed by atoms with Crippen molar-refractivity contribution < 1.29 is 9.90 Å². The van der Waals surface area contributed by atoms with E-state index in [0.29, 0.717) is 5.54 Å². The Morgan fingerprint density at radius 2 is 1.73 bits per heavy atom. The molecule has 0 atom stereocenters. The Morgan fingerprint density at radius 1 is 1.27 bits per heavy atom. The van der Waals surface area contributed by atoms with Crippen LogP contribution in [0.2, 0.25) is 0 Å². The first-order valence-electron chi connectivity index (χ1n) is 5.34. The van der Waals surface area contributed by atoms with Gasteiger partial charge in [0.1, 0.15) is 0 Å². The van der Waals surface area contributed by atoms with E-state index in [1.165, 1.54) is 0 Å². The molecule has 0 spiro atoms. The van der Waals surface area contributed by atoms with Crippen LogP contribution in [0.4, 0.5) is 0 Å². The minimum absolute atomic E-state index is 0.318. The molecule has 3 N–H and O–H groups in total. The molecule has 0 bridgehead atoms. The van der Waals surface area contributed by atoms with Gasteiger partial charge in [-0.15, -0.1) is 0 Å². The van der Waals surface area contributed by atoms with Gasteiger partial charge in [-0.05, 0) is 34.6 Å². The molecular formula is C11H24N2O2. The van der Waals surface area contributed by atoms with Crippen LogP contribution >= 0.6 is 0 Å². The maximum Gasteiger partial charge on any atom is 0.308 e. The van der Waals surface area contributed by atoms with Gasteiger partial charge >= 0.3 is 5.97 Å². The molecule has 0 aromatic carbocycles. The van der Waals surface area contributed by atoms with E-state index in [4.69, 9.17) is 5.11 Å². The fraction of sp³-hybridized carbons (Fsp3) is 0.909. The number of carbonyl (C=O) groups is 1. The molecule has 90 valence electrons. The Morgan fingerprint density at radius 3 is 1.87 bits per heavy atom. The molecule has 1 rings (SSSR count). The highest BCUT2D eigenvalue weighted by Gasteiger charge is 2.19. The predicted octanol–water partition coefficient (Wildman–Crippen LogP) is 1.07. The Bertz CT molecular complexity index is 199. The van der Waals surface area contributed by atoms with Gasteiger partial charge in [0.15, 0.2) is 0 Å². The third-order valence-electron chi connectivity index (χ3n) is 2.11. The highest BCUT2D eigenvalue weighted by Crippen LogP contribution is 2.11. The molecule has 0 aromatic rings. The number of piperazine rings is 1. The maximum absolute atomic E-state index is 10.0. The van der Waals surface area contributed by atoms with E-state index >= 15 is 0 Å². The zero-order valence-corrected chi connectivity index (χ0v) is 10.5. The fourth-order valence-electron chi connectivity index (χ4n) is 0.953. The topological polar surface area (TPSA) is 61.4 Å². The second-order valence-electron chi connectivity index (χ2n) is 5.54. The summed E-state index contributed by atoms with van der Waals surface area (Å²) in [5, 5.41) is 15.0. The Balaban J connectivity index is 0.000000265. The third kappa shape index (κ3) is 7.33. The summed E-state index contributed by atoms with van der Waals surface area (Å²) in [6.07, 6.45) is 0. The monoisotopic (exact) mass is 216 g/mol. The molecule has 0 unspecified atom stereocenters. The molecule has 1 saturated heterocycles. The van der Waals surface area contributed by atoms with Gasteiger partial charge in [0.2, 0.25) is 0 Å². The van der Waals surface area contributed by atoms with Crippen molar-refractivity contribution in [2.24, 2.45) is 5.41 Å². The summed E-state index contributed by atoms with van der Waals surface area (Å²) in [6.45, 7) is 12.7. The number of hydrogen-bond donors (Lipinski definition) is 3. The van der Waals surface area contributed by atoms with Crippen molar-refractivity contribution in [2.45, 2.75) is 40.2 Å². The zero-order chi connectivity index (χ0) is 12.1. The summed E-state index contributed by atoms with van der Waals surface area (Å²) in [5.74, 6) is -0.757. The summed E-state index contributed by atoms with van der Waals surface area (Å²) >= 11 is 0. The van der Waals surface area contributed by atoms with Crippen molar-refractivity contribution in [3.05, 3.63) is 0 Å². The van der Waals surface area contributed by atoms with E-state index in [2.05, 4.69) is 24.5 Å². The Labute approximate surface area is 92.4 Å². The van der Waals surface area contributed by atoms with E-state index in [1.54, 1.807) is 20.8 Å². The lowest BCUT2D eigenvalue weighted by Gasteiger charge is -2.31. The molecule has 1 fully saturated rings. The van der Waals surface area contributed by atoms with Crippen LogP contribution in [0.3, 0.4) is 0 Å². The van der Waals surface area contributed by atoms with Crippen LogP contribution < -0.4 is 10.6 Å².